The van der Waals surface area contributed by atoms with Crippen molar-refractivity contribution in [3.8, 4) is 0 Å². The van der Waals surface area contributed by atoms with Crippen molar-refractivity contribution >= 4 is 11.7 Å². The Bertz CT molecular complexity index is 374. The van der Waals surface area contributed by atoms with Gasteiger partial charge in [-0.15, -0.1) is 0 Å². The largest absolute Gasteiger partial charge is 0.478 e. The van der Waals surface area contributed by atoms with Gasteiger partial charge in [-0.05, 0) is 32.4 Å². The van der Waals surface area contributed by atoms with Crippen LogP contribution in [0.3, 0.4) is 0 Å². The van der Waals surface area contributed by atoms with E-state index in [1.165, 1.54) is 0 Å². The van der Waals surface area contributed by atoms with Crippen LogP contribution < -0.4 is 4.90 Å². The Morgan fingerprint density at radius 3 is 2.56 bits per heavy atom. The van der Waals surface area contributed by atoms with Gasteiger partial charge in [-0.1, -0.05) is 18.6 Å². The Morgan fingerprint density at radius 1 is 1.38 bits per heavy atom. The number of rotatable bonds is 5. The van der Waals surface area contributed by atoms with Crippen LogP contribution in [0.4, 0.5) is 5.69 Å². The standard InChI is InChI=1S/C13H19NO2/c1-4-8-14(5-2)12-7-6-10(3)9-11(12)13(15)16/h6-7,9H,4-5,8H2,1-3H3,(H,15,16). The van der Waals surface area contributed by atoms with E-state index in [9.17, 15) is 9.90 Å². The Labute approximate surface area is 96.7 Å². The molecule has 3 nitrogen and oxygen atoms in total. The van der Waals surface area contributed by atoms with E-state index in [1.54, 1.807) is 6.07 Å². The van der Waals surface area contributed by atoms with Crippen LogP contribution in [0.15, 0.2) is 18.2 Å². The molecule has 0 amide bonds. The van der Waals surface area contributed by atoms with Crippen LogP contribution in [-0.4, -0.2) is 24.2 Å². The van der Waals surface area contributed by atoms with E-state index < -0.39 is 5.97 Å². The molecule has 0 saturated carbocycles. The van der Waals surface area contributed by atoms with Gasteiger partial charge in [0.25, 0.3) is 0 Å². The highest BCUT2D eigenvalue weighted by Crippen LogP contribution is 2.22. The third-order valence-corrected chi connectivity index (χ3v) is 2.60. The minimum atomic E-state index is -0.853. The summed E-state index contributed by atoms with van der Waals surface area (Å²) in [7, 11) is 0. The molecule has 88 valence electrons. The van der Waals surface area contributed by atoms with Gasteiger partial charge in [0.2, 0.25) is 0 Å². The zero-order chi connectivity index (χ0) is 12.1. The summed E-state index contributed by atoms with van der Waals surface area (Å²) >= 11 is 0. The molecule has 0 aliphatic carbocycles. The lowest BCUT2D eigenvalue weighted by Gasteiger charge is -2.24. The first-order chi connectivity index (χ1) is 7.60. The fourth-order valence-corrected chi connectivity index (χ4v) is 1.82. The van der Waals surface area contributed by atoms with Crippen molar-refractivity contribution in [3.63, 3.8) is 0 Å². The summed E-state index contributed by atoms with van der Waals surface area (Å²) in [4.78, 5) is 13.3. The molecule has 0 aliphatic rings. The molecule has 0 radical (unpaired) electrons. The van der Waals surface area contributed by atoms with Crippen LogP contribution in [0.25, 0.3) is 0 Å². The lowest BCUT2D eigenvalue weighted by molar-refractivity contribution is 0.0697. The van der Waals surface area contributed by atoms with E-state index in [1.807, 2.05) is 26.0 Å². The molecule has 0 unspecified atom stereocenters. The van der Waals surface area contributed by atoms with Crippen LogP contribution in [0.2, 0.25) is 0 Å². The fraction of sp³-hybridized carbons (Fsp3) is 0.462. The number of carboxylic acid groups (broad SMARTS) is 1. The minimum Gasteiger partial charge on any atom is -0.478 e. The second-order valence-corrected chi connectivity index (χ2v) is 3.91. The molecular formula is C13H19NO2. The molecular weight excluding hydrogens is 202 g/mol. The zero-order valence-corrected chi connectivity index (χ0v) is 10.2. The predicted molar refractivity (Wildman–Crippen MR) is 66.3 cm³/mol. The van der Waals surface area contributed by atoms with E-state index >= 15 is 0 Å². The van der Waals surface area contributed by atoms with Crippen molar-refractivity contribution in [1.82, 2.24) is 0 Å². The van der Waals surface area contributed by atoms with Crippen molar-refractivity contribution in [1.29, 1.82) is 0 Å². The molecule has 1 N–H and O–H groups in total. The van der Waals surface area contributed by atoms with Gasteiger partial charge >= 0.3 is 5.97 Å². The van der Waals surface area contributed by atoms with Gasteiger partial charge in [0.1, 0.15) is 0 Å². The molecule has 0 aromatic heterocycles. The van der Waals surface area contributed by atoms with Crippen LogP contribution >= 0.6 is 0 Å². The molecule has 0 aliphatic heterocycles. The summed E-state index contributed by atoms with van der Waals surface area (Å²) in [6, 6.07) is 5.59. The second kappa shape index (κ2) is 5.54. The number of anilines is 1. The Hall–Kier alpha value is -1.51. The van der Waals surface area contributed by atoms with Gasteiger partial charge in [0.05, 0.1) is 11.3 Å². The minimum absolute atomic E-state index is 0.398. The highest BCUT2D eigenvalue weighted by atomic mass is 16.4. The second-order valence-electron chi connectivity index (χ2n) is 3.91. The molecule has 1 aromatic rings. The number of hydrogen-bond donors (Lipinski definition) is 1. The summed E-state index contributed by atoms with van der Waals surface area (Å²) < 4.78 is 0. The summed E-state index contributed by atoms with van der Waals surface area (Å²) in [6.07, 6.45) is 1.01. The number of hydrogen-bond acceptors (Lipinski definition) is 2. The molecule has 0 bridgehead atoms. The van der Waals surface area contributed by atoms with E-state index in [-0.39, 0.29) is 0 Å². The van der Waals surface area contributed by atoms with Crippen LogP contribution in [0.1, 0.15) is 36.2 Å². The Balaban J connectivity index is 3.14. The molecule has 16 heavy (non-hydrogen) atoms. The molecule has 1 aromatic carbocycles. The average Bonchev–Trinajstić information content (AvgIpc) is 2.26. The topological polar surface area (TPSA) is 40.5 Å². The van der Waals surface area contributed by atoms with Gasteiger partial charge in [0.15, 0.2) is 0 Å². The Kier molecular flexibility index (Phi) is 4.35. The molecule has 3 heteroatoms. The summed E-state index contributed by atoms with van der Waals surface area (Å²) in [6.45, 7) is 7.77. The van der Waals surface area contributed by atoms with Gasteiger partial charge < -0.3 is 10.0 Å². The first-order valence-electron chi connectivity index (χ1n) is 5.69. The first-order valence-corrected chi connectivity index (χ1v) is 5.69. The molecule has 0 atom stereocenters. The number of nitrogens with zero attached hydrogens (tertiary/aromatic N) is 1. The quantitative estimate of drug-likeness (QED) is 0.831. The maximum Gasteiger partial charge on any atom is 0.337 e. The normalized spacial score (nSPS) is 10.2. The predicted octanol–water partition coefficient (Wildman–Crippen LogP) is 2.93. The number of aryl methyl sites for hydroxylation is 1. The monoisotopic (exact) mass is 221 g/mol. The van der Waals surface area contributed by atoms with Gasteiger partial charge in [0, 0.05) is 13.1 Å². The maximum atomic E-state index is 11.2. The van der Waals surface area contributed by atoms with Crippen molar-refractivity contribution < 1.29 is 9.90 Å². The SMILES string of the molecule is CCCN(CC)c1ccc(C)cc1C(=O)O. The van der Waals surface area contributed by atoms with Gasteiger partial charge in [-0.3, -0.25) is 0 Å². The third kappa shape index (κ3) is 2.75. The molecule has 0 spiro atoms. The summed E-state index contributed by atoms with van der Waals surface area (Å²) in [5.74, 6) is -0.853. The number of aromatic carboxylic acids is 1. The van der Waals surface area contributed by atoms with Crippen LogP contribution in [0.5, 0.6) is 0 Å². The highest BCUT2D eigenvalue weighted by Gasteiger charge is 2.14. The fourth-order valence-electron chi connectivity index (χ4n) is 1.82. The van der Waals surface area contributed by atoms with Crippen LogP contribution in [-0.2, 0) is 0 Å². The average molecular weight is 221 g/mol. The van der Waals surface area contributed by atoms with E-state index in [0.717, 1.165) is 30.8 Å². The zero-order valence-electron chi connectivity index (χ0n) is 10.2. The third-order valence-electron chi connectivity index (χ3n) is 2.60. The Morgan fingerprint density at radius 2 is 2.06 bits per heavy atom. The lowest BCUT2D eigenvalue weighted by Crippen LogP contribution is -2.25. The van der Waals surface area contributed by atoms with Gasteiger partial charge in [-0.25, -0.2) is 4.79 Å². The number of carboxylic acids is 1. The molecule has 1 rings (SSSR count). The van der Waals surface area contributed by atoms with E-state index in [4.69, 9.17) is 0 Å². The molecule has 0 fully saturated rings. The maximum absolute atomic E-state index is 11.2. The number of benzene rings is 1. The van der Waals surface area contributed by atoms with E-state index in [0.29, 0.717) is 5.56 Å². The van der Waals surface area contributed by atoms with E-state index in [2.05, 4.69) is 11.8 Å². The first kappa shape index (κ1) is 12.6. The number of carbonyl (C=O) groups is 1. The highest BCUT2D eigenvalue weighted by molar-refractivity contribution is 5.94. The summed E-state index contributed by atoms with van der Waals surface area (Å²) in [5.41, 5.74) is 2.20. The smallest absolute Gasteiger partial charge is 0.337 e. The van der Waals surface area contributed by atoms with Crippen LogP contribution in [0, 0.1) is 6.92 Å². The molecule has 0 heterocycles. The van der Waals surface area contributed by atoms with Crippen molar-refractivity contribution in [2.75, 3.05) is 18.0 Å². The summed E-state index contributed by atoms with van der Waals surface area (Å²) in [5, 5.41) is 9.18. The van der Waals surface area contributed by atoms with Crippen molar-refractivity contribution in [2.24, 2.45) is 0 Å². The van der Waals surface area contributed by atoms with Crippen molar-refractivity contribution in [2.45, 2.75) is 27.2 Å². The van der Waals surface area contributed by atoms with Crippen molar-refractivity contribution in [3.05, 3.63) is 29.3 Å². The lowest BCUT2D eigenvalue weighted by atomic mass is 10.1. The molecule has 0 saturated heterocycles. The van der Waals surface area contributed by atoms with Gasteiger partial charge in [-0.2, -0.15) is 0 Å².